The highest BCUT2D eigenvalue weighted by molar-refractivity contribution is 6.26. The largest absolute Gasteiger partial charge is 0.0551 e. The van der Waals surface area contributed by atoms with Gasteiger partial charge in [0, 0.05) is 0 Å². The van der Waals surface area contributed by atoms with Crippen LogP contribution in [0.5, 0.6) is 0 Å². The summed E-state index contributed by atoms with van der Waals surface area (Å²) in [6.07, 6.45) is 0. The molecule has 0 bridgehead atoms. The van der Waals surface area contributed by atoms with Crippen molar-refractivity contribution >= 4 is 32.3 Å². The first kappa shape index (κ1) is 13.6. The second kappa shape index (κ2) is 4.23. The van der Waals surface area contributed by atoms with Crippen LogP contribution in [-0.2, 0) is 0 Å². The molecule has 0 aliphatic rings. The fraction of sp³-hybridized carbons (Fsp3) is 0.273. The van der Waals surface area contributed by atoms with Crippen LogP contribution in [0.3, 0.4) is 0 Å². The molecule has 110 valence electrons. The molecule has 0 N–H and O–H groups in total. The first-order valence-electron chi connectivity index (χ1n) is 8.07. The van der Waals surface area contributed by atoms with E-state index in [-0.39, 0.29) is 0 Å². The first-order valence-corrected chi connectivity index (χ1v) is 8.07. The van der Waals surface area contributed by atoms with E-state index < -0.39 is 0 Å². The van der Waals surface area contributed by atoms with Crippen molar-refractivity contribution in [2.24, 2.45) is 0 Å². The Kier molecular flexibility index (Phi) is 2.61. The lowest BCUT2D eigenvalue weighted by atomic mass is 9.83. The monoisotopic (exact) mass is 286 g/mol. The summed E-state index contributed by atoms with van der Waals surface area (Å²) in [5.74, 6) is 0. The summed E-state index contributed by atoms with van der Waals surface area (Å²) in [4.78, 5) is 0. The molecule has 0 fully saturated rings. The Hall–Kier alpha value is -2.08. The zero-order chi connectivity index (χ0) is 15.8. The minimum Gasteiger partial charge on any atom is -0.0551 e. The van der Waals surface area contributed by atoms with Gasteiger partial charge in [-0.25, -0.2) is 0 Å². The van der Waals surface area contributed by atoms with Gasteiger partial charge in [-0.3, -0.25) is 0 Å². The quantitative estimate of drug-likeness (QED) is 0.326. The molecule has 0 aliphatic carbocycles. The lowest BCUT2D eigenvalue weighted by Crippen LogP contribution is -1.97. The molecule has 0 aromatic heterocycles. The molecule has 0 unspecified atom stereocenters. The highest BCUT2D eigenvalue weighted by atomic mass is 14.2. The van der Waals surface area contributed by atoms with Gasteiger partial charge >= 0.3 is 0 Å². The second-order valence-corrected chi connectivity index (χ2v) is 6.92. The van der Waals surface area contributed by atoms with Crippen molar-refractivity contribution in [3.05, 3.63) is 57.6 Å². The van der Waals surface area contributed by atoms with Crippen molar-refractivity contribution in [2.45, 2.75) is 41.5 Å². The van der Waals surface area contributed by atoms with Crippen LogP contribution in [-0.4, -0.2) is 0 Å². The topological polar surface area (TPSA) is 0 Å². The second-order valence-electron chi connectivity index (χ2n) is 6.92. The molecular formula is C22H22. The van der Waals surface area contributed by atoms with E-state index in [0.29, 0.717) is 0 Å². The van der Waals surface area contributed by atoms with E-state index in [2.05, 4.69) is 65.8 Å². The Labute approximate surface area is 132 Å². The number of rotatable bonds is 0. The minimum absolute atomic E-state index is 1.38. The molecule has 4 rings (SSSR count). The zero-order valence-corrected chi connectivity index (χ0v) is 14.3. The fourth-order valence-electron chi connectivity index (χ4n) is 4.32. The van der Waals surface area contributed by atoms with E-state index in [9.17, 15) is 0 Å². The lowest BCUT2D eigenvalue weighted by molar-refractivity contribution is 1.34. The van der Waals surface area contributed by atoms with Crippen LogP contribution < -0.4 is 0 Å². The van der Waals surface area contributed by atoms with Crippen molar-refractivity contribution in [1.82, 2.24) is 0 Å². The van der Waals surface area contributed by atoms with Crippen LogP contribution in [0.1, 0.15) is 33.4 Å². The van der Waals surface area contributed by atoms with Crippen LogP contribution in [0, 0.1) is 41.5 Å². The van der Waals surface area contributed by atoms with Gasteiger partial charge in [0.05, 0.1) is 0 Å². The highest BCUT2D eigenvalue weighted by Gasteiger charge is 2.18. The van der Waals surface area contributed by atoms with Crippen molar-refractivity contribution in [2.75, 3.05) is 0 Å². The van der Waals surface area contributed by atoms with Crippen molar-refractivity contribution in [3.8, 4) is 0 Å². The van der Waals surface area contributed by atoms with E-state index >= 15 is 0 Å². The number of hydrogen-bond donors (Lipinski definition) is 0. The van der Waals surface area contributed by atoms with Gasteiger partial charge in [-0.1, -0.05) is 24.3 Å². The smallest absolute Gasteiger partial charge is 0.00185 e. The Morgan fingerprint density at radius 2 is 1.18 bits per heavy atom. The summed E-state index contributed by atoms with van der Waals surface area (Å²) in [7, 11) is 0. The van der Waals surface area contributed by atoms with Gasteiger partial charge in [-0.2, -0.15) is 0 Å². The van der Waals surface area contributed by atoms with Crippen LogP contribution in [0.15, 0.2) is 24.3 Å². The Bertz CT molecular complexity index is 1060. The summed E-state index contributed by atoms with van der Waals surface area (Å²) < 4.78 is 0. The summed E-state index contributed by atoms with van der Waals surface area (Å²) in [5, 5.41) is 8.64. The first-order chi connectivity index (χ1) is 10.4. The molecule has 0 amide bonds. The maximum absolute atomic E-state index is 2.35. The van der Waals surface area contributed by atoms with Crippen LogP contribution in [0.2, 0.25) is 0 Å². The van der Waals surface area contributed by atoms with Gasteiger partial charge in [0.2, 0.25) is 0 Å². The van der Waals surface area contributed by atoms with Gasteiger partial charge < -0.3 is 0 Å². The predicted octanol–water partition coefficient (Wildman–Crippen LogP) is 6.43. The van der Waals surface area contributed by atoms with Crippen molar-refractivity contribution < 1.29 is 0 Å². The van der Waals surface area contributed by atoms with E-state index in [1.54, 1.807) is 0 Å². The Morgan fingerprint density at radius 3 is 1.91 bits per heavy atom. The Balaban J connectivity index is 2.52. The summed E-state index contributed by atoms with van der Waals surface area (Å²) in [6, 6.07) is 9.30. The molecule has 0 nitrogen and oxygen atoms in total. The fourth-order valence-corrected chi connectivity index (χ4v) is 4.32. The molecule has 0 radical (unpaired) electrons. The number of hydrogen-bond acceptors (Lipinski definition) is 0. The van der Waals surface area contributed by atoms with E-state index in [1.165, 1.54) is 65.7 Å². The van der Waals surface area contributed by atoms with Crippen LogP contribution in [0.25, 0.3) is 32.3 Å². The maximum atomic E-state index is 2.35. The SMILES string of the molecule is Cc1cc2ccc3c(C)cc(C)c4c(C)c(C)c(c1C)c2c34. The third kappa shape index (κ3) is 1.48. The molecule has 22 heavy (non-hydrogen) atoms. The molecule has 4 aromatic rings. The summed E-state index contributed by atoms with van der Waals surface area (Å²) in [5.41, 5.74) is 8.49. The van der Waals surface area contributed by atoms with Gasteiger partial charge in [0.1, 0.15) is 0 Å². The van der Waals surface area contributed by atoms with Gasteiger partial charge in [-0.15, -0.1) is 0 Å². The standard InChI is InChI=1S/C22H22/c1-11-10-17-7-8-18-12(2)9-13(3)19-15(5)16(6)20(14(11)4)21(17)22(18)19/h7-10H,1-6H3. The van der Waals surface area contributed by atoms with Crippen molar-refractivity contribution in [1.29, 1.82) is 0 Å². The molecule has 0 atom stereocenters. The predicted molar refractivity (Wildman–Crippen MR) is 98.6 cm³/mol. The van der Waals surface area contributed by atoms with Gasteiger partial charge in [0.15, 0.2) is 0 Å². The summed E-state index contributed by atoms with van der Waals surface area (Å²) >= 11 is 0. The van der Waals surface area contributed by atoms with Gasteiger partial charge in [0.25, 0.3) is 0 Å². The molecule has 0 heterocycles. The molecule has 0 aliphatic heterocycles. The average Bonchev–Trinajstić information content (AvgIpc) is 2.46. The Morgan fingerprint density at radius 1 is 0.500 bits per heavy atom. The number of aryl methyl sites for hydroxylation is 6. The molecule has 0 spiro atoms. The lowest BCUT2D eigenvalue weighted by Gasteiger charge is -2.21. The minimum atomic E-state index is 1.38. The van der Waals surface area contributed by atoms with Gasteiger partial charge in [-0.05, 0) is 107 Å². The highest BCUT2D eigenvalue weighted by Crippen LogP contribution is 2.43. The summed E-state index contributed by atoms with van der Waals surface area (Å²) in [6.45, 7) is 13.6. The normalized spacial score (nSPS) is 12.1. The van der Waals surface area contributed by atoms with Crippen molar-refractivity contribution in [3.63, 3.8) is 0 Å². The van der Waals surface area contributed by atoms with E-state index in [0.717, 1.165) is 0 Å². The molecular weight excluding hydrogens is 264 g/mol. The molecule has 0 saturated carbocycles. The maximum Gasteiger partial charge on any atom is -0.00185 e. The van der Waals surface area contributed by atoms with Crippen LogP contribution in [0.4, 0.5) is 0 Å². The zero-order valence-electron chi connectivity index (χ0n) is 14.3. The third-order valence-corrected chi connectivity index (χ3v) is 5.64. The molecule has 0 saturated heterocycles. The molecule has 4 aromatic carbocycles. The number of benzene rings is 4. The molecule has 0 heteroatoms. The average molecular weight is 286 g/mol. The third-order valence-electron chi connectivity index (χ3n) is 5.64. The van der Waals surface area contributed by atoms with E-state index in [1.807, 2.05) is 0 Å². The van der Waals surface area contributed by atoms with E-state index in [4.69, 9.17) is 0 Å². The van der Waals surface area contributed by atoms with Crippen LogP contribution >= 0.6 is 0 Å².